The van der Waals surface area contributed by atoms with Crippen molar-refractivity contribution in [2.45, 2.75) is 13.5 Å². The highest BCUT2D eigenvalue weighted by Crippen LogP contribution is 2.28. The highest BCUT2D eigenvalue weighted by molar-refractivity contribution is 6.31. The molecule has 0 fully saturated rings. The van der Waals surface area contributed by atoms with E-state index in [4.69, 9.17) is 25.8 Å². The second-order valence-corrected chi connectivity index (χ2v) is 5.42. The van der Waals surface area contributed by atoms with E-state index in [0.717, 1.165) is 5.56 Å². The lowest BCUT2D eigenvalue weighted by Crippen LogP contribution is -2.13. The molecule has 6 heteroatoms. The van der Waals surface area contributed by atoms with E-state index in [9.17, 15) is 4.79 Å². The van der Waals surface area contributed by atoms with Crippen molar-refractivity contribution >= 4 is 23.2 Å². The molecule has 0 bridgehead atoms. The Hall–Kier alpha value is -2.24. The van der Waals surface area contributed by atoms with Crippen molar-refractivity contribution in [2.75, 3.05) is 26.1 Å². The summed E-state index contributed by atoms with van der Waals surface area (Å²) in [7, 11) is 3.13. The standard InChI is InChI=1S/C18H20ClNO4/c1-4-24-16-7-5-12(9-13(16)11-22-2)18(21)20-15-10-14(19)6-8-17(15)23-3/h5-10H,4,11H2,1-3H3,(H,20,21). The monoisotopic (exact) mass is 349 g/mol. The number of benzene rings is 2. The van der Waals surface area contributed by atoms with Gasteiger partial charge >= 0.3 is 0 Å². The maximum Gasteiger partial charge on any atom is 0.255 e. The largest absolute Gasteiger partial charge is 0.495 e. The average Bonchev–Trinajstić information content (AvgIpc) is 2.57. The number of nitrogens with one attached hydrogen (secondary N) is 1. The summed E-state index contributed by atoms with van der Waals surface area (Å²) in [5.74, 6) is 0.975. The van der Waals surface area contributed by atoms with Crippen LogP contribution < -0.4 is 14.8 Å². The van der Waals surface area contributed by atoms with E-state index < -0.39 is 0 Å². The topological polar surface area (TPSA) is 56.8 Å². The summed E-state index contributed by atoms with van der Waals surface area (Å²) < 4.78 is 16.0. The summed E-state index contributed by atoms with van der Waals surface area (Å²) >= 11 is 5.99. The van der Waals surface area contributed by atoms with Crippen molar-refractivity contribution < 1.29 is 19.0 Å². The molecule has 24 heavy (non-hydrogen) atoms. The van der Waals surface area contributed by atoms with Gasteiger partial charge in [-0.1, -0.05) is 11.6 Å². The summed E-state index contributed by atoms with van der Waals surface area (Å²) in [5, 5.41) is 3.32. The molecule has 0 saturated heterocycles. The molecule has 0 aromatic heterocycles. The minimum absolute atomic E-state index is 0.268. The van der Waals surface area contributed by atoms with Crippen LogP contribution >= 0.6 is 11.6 Å². The van der Waals surface area contributed by atoms with E-state index in [1.807, 2.05) is 6.92 Å². The van der Waals surface area contributed by atoms with E-state index in [1.54, 1.807) is 43.5 Å². The van der Waals surface area contributed by atoms with Crippen molar-refractivity contribution in [2.24, 2.45) is 0 Å². The Morgan fingerprint density at radius 1 is 1.12 bits per heavy atom. The molecule has 0 aliphatic carbocycles. The molecule has 0 saturated carbocycles. The Labute approximate surface area is 146 Å². The number of carbonyl (C=O) groups excluding carboxylic acids is 1. The zero-order valence-corrected chi connectivity index (χ0v) is 14.6. The maximum atomic E-state index is 12.5. The molecule has 0 aliphatic heterocycles. The summed E-state index contributed by atoms with van der Waals surface area (Å²) in [6.45, 7) is 2.81. The van der Waals surface area contributed by atoms with E-state index >= 15 is 0 Å². The van der Waals surface area contributed by atoms with E-state index in [0.29, 0.717) is 41.0 Å². The lowest BCUT2D eigenvalue weighted by Gasteiger charge is -2.13. The van der Waals surface area contributed by atoms with Gasteiger partial charge in [0.05, 0.1) is 26.0 Å². The highest BCUT2D eigenvalue weighted by Gasteiger charge is 2.13. The van der Waals surface area contributed by atoms with Crippen LogP contribution in [0.3, 0.4) is 0 Å². The van der Waals surface area contributed by atoms with E-state index in [1.165, 1.54) is 7.11 Å². The number of carbonyl (C=O) groups is 1. The SMILES string of the molecule is CCOc1ccc(C(=O)Nc2cc(Cl)ccc2OC)cc1COC. The van der Waals surface area contributed by atoms with Gasteiger partial charge in [-0.3, -0.25) is 4.79 Å². The van der Waals surface area contributed by atoms with Gasteiger partial charge in [0.2, 0.25) is 0 Å². The van der Waals surface area contributed by atoms with Crippen LogP contribution in [0.1, 0.15) is 22.8 Å². The number of ether oxygens (including phenoxy) is 3. The number of anilines is 1. The quantitative estimate of drug-likeness (QED) is 0.816. The van der Waals surface area contributed by atoms with Gasteiger partial charge in [0.25, 0.3) is 5.91 Å². The van der Waals surface area contributed by atoms with Gasteiger partial charge in [-0.2, -0.15) is 0 Å². The summed E-state index contributed by atoms with van der Waals surface area (Å²) in [4.78, 5) is 12.5. The molecular weight excluding hydrogens is 330 g/mol. The molecule has 5 nitrogen and oxygen atoms in total. The molecule has 0 unspecified atom stereocenters. The molecule has 0 aliphatic rings. The molecule has 1 amide bonds. The average molecular weight is 350 g/mol. The molecule has 2 rings (SSSR count). The van der Waals surface area contributed by atoms with Crippen LogP contribution in [0.15, 0.2) is 36.4 Å². The smallest absolute Gasteiger partial charge is 0.255 e. The minimum Gasteiger partial charge on any atom is -0.495 e. The Morgan fingerprint density at radius 2 is 1.88 bits per heavy atom. The first-order valence-electron chi connectivity index (χ1n) is 7.48. The second kappa shape index (κ2) is 8.57. The van der Waals surface area contributed by atoms with Crippen molar-refractivity contribution in [3.8, 4) is 11.5 Å². The van der Waals surface area contributed by atoms with Gasteiger partial charge in [-0.25, -0.2) is 0 Å². The first-order valence-corrected chi connectivity index (χ1v) is 7.86. The fraction of sp³-hybridized carbons (Fsp3) is 0.278. The Bertz CT molecular complexity index is 718. The van der Waals surface area contributed by atoms with Crippen LogP contribution in [-0.4, -0.2) is 26.7 Å². The first-order chi connectivity index (χ1) is 11.6. The van der Waals surface area contributed by atoms with Crippen molar-refractivity contribution in [3.05, 3.63) is 52.5 Å². The normalized spacial score (nSPS) is 10.3. The zero-order valence-electron chi connectivity index (χ0n) is 13.9. The van der Waals surface area contributed by atoms with Gasteiger partial charge in [-0.05, 0) is 43.3 Å². The van der Waals surface area contributed by atoms with Crippen LogP contribution in [0.2, 0.25) is 5.02 Å². The number of hydrogen-bond donors (Lipinski definition) is 1. The zero-order chi connectivity index (χ0) is 17.5. The van der Waals surface area contributed by atoms with Crippen LogP contribution in [0, 0.1) is 0 Å². The van der Waals surface area contributed by atoms with Gasteiger partial charge in [0, 0.05) is 23.3 Å². The van der Waals surface area contributed by atoms with E-state index in [2.05, 4.69) is 5.32 Å². The molecule has 2 aromatic rings. The minimum atomic E-state index is -0.268. The molecule has 128 valence electrons. The fourth-order valence-corrected chi connectivity index (χ4v) is 2.43. The van der Waals surface area contributed by atoms with Gasteiger partial charge in [-0.15, -0.1) is 0 Å². The Morgan fingerprint density at radius 3 is 2.54 bits per heavy atom. The molecule has 0 atom stereocenters. The molecule has 2 aromatic carbocycles. The molecule has 0 radical (unpaired) electrons. The molecule has 0 spiro atoms. The summed E-state index contributed by atoms with van der Waals surface area (Å²) in [6, 6.07) is 10.3. The molecule has 1 N–H and O–H groups in total. The van der Waals surface area contributed by atoms with Gasteiger partial charge in [0.1, 0.15) is 11.5 Å². The summed E-state index contributed by atoms with van der Waals surface area (Å²) in [6.07, 6.45) is 0. The lowest BCUT2D eigenvalue weighted by molar-refractivity contribution is 0.102. The Kier molecular flexibility index (Phi) is 6.46. The van der Waals surface area contributed by atoms with Crippen molar-refractivity contribution in [1.82, 2.24) is 0 Å². The second-order valence-electron chi connectivity index (χ2n) is 4.99. The van der Waals surface area contributed by atoms with Gasteiger partial charge < -0.3 is 19.5 Å². The number of halogens is 1. The fourth-order valence-electron chi connectivity index (χ4n) is 2.26. The lowest BCUT2D eigenvalue weighted by atomic mass is 10.1. The van der Waals surface area contributed by atoms with Gasteiger partial charge in [0.15, 0.2) is 0 Å². The number of methoxy groups -OCH3 is 2. The van der Waals surface area contributed by atoms with Crippen molar-refractivity contribution in [3.63, 3.8) is 0 Å². The maximum absolute atomic E-state index is 12.5. The third-order valence-corrected chi connectivity index (χ3v) is 3.57. The van der Waals surface area contributed by atoms with Crippen LogP contribution in [0.4, 0.5) is 5.69 Å². The highest BCUT2D eigenvalue weighted by atomic mass is 35.5. The first kappa shape index (κ1) is 18.1. The third kappa shape index (κ3) is 4.40. The van der Waals surface area contributed by atoms with Crippen LogP contribution in [-0.2, 0) is 11.3 Å². The van der Waals surface area contributed by atoms with Crippen molar-refractivity contribution in [1.29, 1.82) is 0 Å². The van der Waals surface area contributed by atoms with Crippen LogP contribution in [0.25, 0.3) is 0 Å². The number of rotatable bonds is 7. The summed E-state index contributed by atoms with van der Waals surface area (Å²) in [5.41, 5.74) is 1.81. The predicted molar refractivity (Wildman–Crippen MR) is 94.3 cm³/mol. The van der Waals surface area contributed by atoms with Crippen LogP contribution in [0.5, 0.6) is 11.5 Å². The molecule has 0 heterocycles. The Balaban J connectivity index is 2.26. The number of amides is 1. The van der Waals surface area contributed by atoms with E-state index in [-0.39, 0.29) is 5.91 Å². The molecular formula is C18H20ClNO4. The third-order valence-electron chi connectivity index (χ3n) is 3.33. The number of hydrogen-bond acceptors (Lipinski definition) is 4. The predicted octanol–water partition coefficient (Wildman–Crippen LogP) is 4.15.